The minimum Gasteiger partial charge on any atom is -0.461 e. The van der Waals surface area contributed by atoms with E-state index in [0.29, 0.717) is 22.3 Å². The van der Waals surface area contributed by atoms with Gasteiger partial charge in [0, 0.05) is 32.0 Å². The third-order valence-electron chi connectivity index (χ3n) is 5.99. The van der Waals surface area contributed by atoms with Gasteiger partial charge in [-0.1, -0.05) is 60.7 Å². The van der Waals surface area contributed by atoms with Crippen molar-refractivity contribution in [1.82, 2.24) is 0 Å². The zero-order valence-corrected chi connectivity index (χ0v) is 24.9. The van der Waals surface area contributed by atoms with Crippen LogP contribution < -0.4 is 0 Å². The van der Waals surface area contributed by atoms with E-state index < -0.39 is 17.5 Å². The van der Waals surface area contributed by atoms with Gasteiger partial charge < -0.3 is 9.47 Å². The highest BCUT2D eigenvalue weighted by molar-refractivity contribution is 8.00. The quantitative estimate of drug-likeness (QED) is 0.0934. The van der Waals surface area contributed by atoms with Crippen LogP contribution in [0.3, 0.4) is 0 Å². The standard InChI is InChI=1S/C34H30O6S2/c1-34(2,40-31(36)22-42-29-19-15-27(16-20-29)33(38)25-11-7-4-8-12-25)23-39-30(35)21-41-28-17-13-26(14-18-28)32(37)24-9-5-3-6-10-24/h3-20H,21-23H2,1-2H3. The molecule has 0 heterocycles. The molecule has 0 aliphatic rings. The molecule has 8 heteroatoms. The van der Waals surface area contributed by atoms with Gasteiger partial charge in [0.15, 0.2) is 11.6 Å². The van der Waals surface area contributed by atoms with Crippen LogP contribution in [0.2, 0.25) is 0 Å². The zero-order chi connectivity index (χ0) is 30.0. The number of hydrogen-bond donors (Lipinski definition) is 0. The van der Waals surface area contributed by atoms with Gasteiger partial charge in [-0.15, -0.1) is 23.5 Å². The van der Waals surface area contributed by atoms with Gasteiger partial charge >= 0.3 is 11.9 Å². The van der Waals surface area contributed by atoms with E-state index in [4.69, 9.17) is 9.47 Å². The number of benzene rings is 4. The number of ether oxygens (including phenoxy) is 2. The molecule has 42 heavy (non-hydrogen) atoms. The monoisotopic (exact) mass is 598 g/mol. The van der Waals surface area contributed by atoms with Crippen molar-refractivity contribution in [3.63, 3.8) is 0 Å². The van der Waals surface area contributed by atoms with E-state index in [1.807, 2.05) is 36.4 Å². The summed E-state index contributed by atoms with van der Waals surface area (Å²) < 4.78 is 10.9. The first-order valence-corrected chi connectivity index (χ1v) is 15.2. The molecule has 0 aromatic heterocycles. The molecule has 0 aliphatic heterocycles. The Balaban J connectivity index is 1.16. The molecule has 0 spiro atoms. The normalized spacial score (nSPS) is 11.0. The van der Waals surface area contributed by atoms with Crippen LogP contribution in [0.1, 0.15) is 45.7 Å². The molecule has 0 N–H and O–H groups in total. The minimum atomic E-state index is -0.997. The van der Waals surface area contributed by atoms with Crippen LogP contribution in [0, 0.1) is 0 Å². The summed E-state index contributed by atoms with van der Waals surface area (Å²) in [4.78, 5) is 51.5. The van der Waals surface area contributed by atoms with Gasteiger partial charge in [-0.25, -0.2) is 0 Å². The second-order valence-electron chi connectivity index (χ2n) is 9.91. The number of carbonyl (C=O) groups excluding carboxylic acids is 4. The van der Waals surface area contributed by atoms with E-state index in [-0.39, 0.29) is 29.7 Å². The van der Waals surface area contributed by atoms with Crippen LogP contribution in [-0.4, -0.2) is 47.2 Å². The number of hydrogen-bond acceptors (Lipinski definition) is 8. The first-order chi connectivity index (χ1) is 20.2. The largest absolute Gasteiger partial charge is 0.461 e. The van der Waals surface area contributed by atoms with Gasteiger partial charge in [-0.2, -0.15) is 0 Å². The predicted molar refractivity (Wildman–Crippen MR) is 165 cm³/mol. The summed E-state index contributed by atoms with van der Waals surface area (Å²) in [6.07, 6.45) is 0. The smallest absolute Gasteiger partial charge is 0.316 e. The Hall–Kier alpha value is -4.14. The first-order valence-electron chi connectivity index (χ1n) is 13.2. The number of thioether (sulfide) groups is 2. The molecule has 0 amide bonds. The third kappa shape index (κ3) is 9.19. The fourth-order valence-corrected chi connectivity index (χ4v) is 5.23. The SMILES string of the molecule is CC(C)(COC(=O)CSc1ccc(C(=O)c2ccccc2)cc1)OC(=O)CSc1ccc(C(=O)c2ccccc2)cc1. The van der Waals surface area contributed by atoms with E-state index in [9.17, 15) is 19.2 Å². The molecule has 0 fully saturated rings. The van der Waals surface area contributed by atoms with Crippen LogP contribution in [0.5, 0.6) is 0 Å². The lowest BCUT2D eigenvalue weighted by Crippen LogP contribution is -2.35. The highest BCUT2D eigenvalue weighted by atomic mass is 32.2. The molecule has 4 aromatic rings. The fourth-order valence-electron chi connectivity index (χ4n) is 3.87. The lowest BCUT2D eigenvalue weighted by molar-refractivity contribution is -0.165. The number of ketones is 2. The second-order valence-corrected chi connectivity index (χ2v) is 12.0. The molecule has 0 radical (unpaired) electrons. The van der Waals surface area contributed by atoms with Crippen molar-refractivity contribution < 1.29 is 28.7 Å². The average molecular weight is 599 g/mol. The number of esters is 2. The Bertz CT molecular complexity index is 1520. The fraction of sp³-hybridized carbons (Fsp3) is 0.176. The van der Waals surface area contributed by atoms with Crippen molar-refractivity contribution in [2.45, 2.75) is 29.2 Å². The summed E-state index contributed by atoms with van der Waals surface area (Å²) in [6, 6.07) is 32.2. The Labute approximate surface area is 253 Å². The Morgan fingerprint density at radius 3 is 1.36 bits per heavy atom. The van der Waals surface area contributed by atoms with E-state index in [1.165, 1.54) is 23.5 Å². The van der Waals surface area contributed by atoms with Crippen LogP contribution >= 0.6 is 23.5 Å². The van der Waals surface area contributed by atoms with E-state index in [2.05, 4.69) is 0 Å². The first kappa shape index (κ1) is 30.8. The molecule has 0 aliphatic carbocycles. The van der Waals surface area contributed by atoms with Gasteiger partial charge in [0.05, 0.1) is 11.5 Å². The minimum absolute atomic E-state index is 0.0602. The summed E-state index contributed by atoms with van der Waals surface area (Å²) in [5.74, 6) is -0.848. The number of carbonyl (C=O) groups is 4. The highest BCUT2D eigenvalue weighted by Crippen LogP contribution is 2.23. The molecular weight excluding hydrogens is 569 g/mol. The Morgan fingerprint density at radius 2 is 0.929 bits per heavy atom. The molecule has 0 atom stereocenters. The highest BCUT2D eigenvalue weighted by Gasteiger charge is 2.25. The van der Waals surface area contributed by atoms with Gasteiger partial charge in [0.25, 0.3) is 0 Å². The van der Waals surface area contributed by atoms with Crippen molar-refractivity contribution in [1.29, 1.82) is 0 Å². The summed E-state index contributed by atoms with van der Waals surface area (Å²) in [7, 11) is 0. The van der Waals surface area contributed by atoms with E-state index in [1.54, 1.807) is 86.6 Å². The summed E-state index contributed by atoms with van der Waals surface area (Å²) >= 11 is 2.60. The molecule has 6 nitrogen and oxygen atoms in total. The maximum Gasteiger partial charge on any atom is 0.316 e. The van der Waals surface area contributed by atoms with Gasteiger partial charge in [-0.3, -0.25) is 19.2 Å². The van der Waals surface area contributed by atoms with Crippen LogP contribution in [0.15, 0.2) is 119 Å². The topological polar surface area (TPSA) is 86.7 Å². The van der Waals surface area contributed by atoms with Crippen molar-refractivity contribution in [3.8, 4) is 0 Å². The van der Waals surface area contributed by atoms with E-state index in [0.717, 1.165) is 9.79 Å². The van der Waals surface area contributed by atoms with Gasteiger partial charge in [-0.05, 0) is 62.4 Å². The van der Waals surface area contributed by atoms with Gasteiger partial charge in [0.2, 0.25) is 0 Å². The lowest BCUT2D eigenvalue weighted by Gasteiger charge is -2.24. The molecule has 4 rings (SSSR count). The summed E-state index contributed by atoms with van der Waals surface area (Å²) in [6.45, 7) is 3.29. The molecule has 214 valence electrons. The summed E-state index contributed by atoms with van der Waals surface area (Å²) in [5, 5.41) is 0. The maximum absolute atomic E-state index is 12.6. The van der Waals surface area contributed by atoms with Crippen molar-refractivity contribution >= 4 is 47.0 Å². The van der Waals surface area contributed by atoms with Crippen LogP contribution in [-0.2, 0) is 19.1 Å². The van der Waals surface area contributed by atoms with Crippen LogP contribution in [0.4, 0.5) is 0 Å². The molecule has 0 saturated carbocycles. The average Bonchev–Trinajstić information content (AvgIpc) is 3.02. The molecule has 0 bridgehead atoms. The number of rotatable bonds is 13. The maximum atomic E-state index is 12.6. The summed E-state index contributed by atoms with van der Waals surface area (Å²) in [5.41, 5.74) is 1.39. The zero-order valence-electron chi connectivity index (χ0n) is 23.3. The van der Waals surface area contributed by atoms with Gasteiger partial charge in [0.1, 0.15) is 12.2 Å². The third-order valence-corrected chi connectivity index (χ3v) is 7.96. The van der Waals surface area contributed by atoms with Crippen LogP contribution in [0.25, 0.3) is 0 Å². The van der Waals surface area contributed by atoms with Crippen molar-refractivity contribution in [2.75, 3.05) is 18.1 Å². The Morgan fingerprint density at radius 1 is 0.548 bits per heavy atom. The molecule has 4 aromatic carbocycles. The molecular formula is C34H30O6S2. The second kappa shape index (κ2) is 14.7. The van der Waals surface area contributed by atoms with Crippen molar-refractivity contribution in [2.24, 2.45) is 0 Å². The lowest BCUT2D eigenvalue weighted by atomic mass is 10.0. The van der Waals surface area contributed by atoms with Crippen molar-refractivity contribution in [3.05, 3.63) is 131 Å². The molecule has 0 unspecified atom stereocenters. The molecule has 0 saturated heterocycles. The van der Waals surface area contributed by atoms with E-state index >= 15 is 0 Å². The predicted octanol–water partition coefficient (Wildman–Crippen LogP) is 6.90. The Kier molecular flexibility index (Phi) is 10.8.